The molecular formula is C20H18F2N2O2. The van der Waals surface area contributed by atoms with Crippen LogP contribution in [0.25, 0.3) is 0 Å². The van der Waals surface area contributed by atoms with Crippen molar-refractivity contribution in [1.29, 1.82) is 5.26 Å². The Kier molecular flexibility index (Phi) is 5.47. The third kappa shape index (κ3) is 4.17. The lowest BCUT2D eigenvalue weighted by Gasteiger charge is -2.15. The van der Waals surface area contributed by atoms with E-state index in [9.17, 15) is 18.8 Å². The van der Waals surface area contributed by atoms with Gasteiger partial charge in [0.2, 0.25) is 0 Å². The lowest BCUT2D eigenvalue weighted by Crippen LogP contribution is -2.28. The van der Waals surface area contributed by atoms with Crippen molar-refractivity contribution in [3.05, 3.63) is 65.2 Å². The summed E-state index contributed by atoms with van der Waals surface area (Å²) in [6.45, 7) is 0. The third-order valence-electron chi connectivity index (χ3n) is 4.40. The maximum absolute atomic E-state index is 13.8. The van der Waals surface area contributed by atoms with Crippen molar-refractivity contribution in [1.82, 2.24) is 5.32 Å². The maximum atomic E-state index is 13.8. The molecule has 0 saturated heterocycles. The van der Waals surface area contributed by atoms with Crippen LogP contribution in [0.1, 0.15) is 47.6 Å². The van der Waals surface area contributed by atoms with Gasteiger partial charge in [0.1, 0.15) is 23.4 Å². The van der Waals surface area contributed by atoms with Crippen LogP contribution >= 0.6 is 0 Å². The van der Waals surface area contributed by atoms with Crippen LogP contribution in [0.5, 0.6) is 5.75 Å². The summed E-state index contributed by atoms with van der Waals surface area (Å²) < 4.78 is 32.7. The van der Waals surface area contributed by atoms with Gasteiger partial charge in [0.15, 0.2) is 0 Å². The summed E-state index contributed by atoms with van der Waals surface area (Å²) in [5.41, 5.74) is 0.245. The predicted molar refractivity (Wildman–Crippen MR) is 91.5 cm³/mol. The number of hydrogen-bond donors (Lipinski definition) is 1. The first-order valence-electron chi connectivity index (χ1n) is 8.49. The van der Waals surface area contributed by atoms with Gasteiger partial charge < -0.3 is 10.1 Å². The van der Waals surface area contributed by atoms with Crippen molar-refractivity contribution < 1.29 is 18.3 Å². The molecule has 2 aromatic rings. The average molecular weight is 356 g/mol. The van der Waals surface area contributed by atoms with Crippen LogP contribution in [0.2, 0.25) is 0 Å². The fourth-order valence-corrected chi connectivity index (χ4v) is 3.01. The quantitative estimate of drug-likeness (QED) is 0.870. The molecule has 1 unspecified atom stereocenters. The zero-order valence-electron chi connectivity index (χ0n) is 14.0. The Hall–Kier alpha value is -2.94. The monoisotopic (exact) mass is 356 g/mol. The number of carbonyl (C=O) groups is 1. The molecule has 1 N–H and O–H groups in total. The Labute approximate surface area is 150 Å². The summed E-state index contributed by atoms with van der Waals surface area (Å²) in [4.78, 5) is 12.3. The van der Waals surface area contributed by atoms with E-state index in [-0.39, 0.29) is 11.7 Å². The van der Waals surface area contributed by atoms with Gasteiger partial charge in [-0.05, 0) is 56.0 Å². The Morgan fingerprint density at radius 3 is 2.46 bits per heavy atom. The summed E-state index contributed by atoms with van der Waals surface area (Å²) in [7, 11) is 0. The van der Waals surface area contributed by atoms with Crippen LogP contribution in [0, 0.1) is 23.0 Å². The molecule has 0 radical (unpaired) electrons. The highest BCUT2D eigenvalue weighted by Gasteiger charge is 2.20. The van der Waals surface area contributed by atoms with Crippen molar-refractivity contribution in [2.45, 2.75) is 37.8 Å². The standard InChI is InChI=1S/C20H18F2N2O2/c21-14-7-10-17(18(22)11-14)19(12-23)24-20(25)13-5-8-16(9-6-13)26-15-3-1-2-4-15/h5-11,15,19H,1-4H2,(H,24,25). The highest BCUT2D eigenvalue weighted by Crippen LogP contribution is 2.24. The number of amides is 1. The van der Waals surface area contributed by atoms with Crippen molar-refractivity contribution >= 4 is 5.91 Å². The van der Waals surface area contributed by atoms with E-state index in [1.165, 1.54) is 12.8 Å². The van der Waals surface area contributed by atoms with Gasteiger partial charge >= 0.3 is 0 Å². The van der Waals surface area contributed by atoms with Crippen LogP contribution < -0.4 is 10.1 Å². The molecule has 134 valence electrons. The fourth-order valence-electron chi connectivity index (χ4n) is 3.01. The number of rotatable bonds is 5. The molecule has 0 heterocycles. The number of nitrogens with zero attached hydrogens (tertiary/aromatic N) is 1. The van der Waals surface area contributed by atoms with Crippen LogP contribution in [0.4, 0.5) is 8.78 Å². The van der Waals surface area contributed by atoms with Gasteiger partial charge in [0.25, 0.3) is 5.91 Å². The number of nitrogens with one attached hydrogen (secondary N) is 1. The first-order valence-corrected chi connectivity index (χ1v) is 8.49. The molecule has 0 spiro atoms. The molecular weight excluding hydrogens is 338 g/mol. The molecule has 1 atom stereocenters. The number of nitriles is 1. The highest BCUT2D eigenvalue weighted by molar-refractivity contribution is 5.94. The van der Waals surface area contributed by atoms with Gasteiger partial charge in [-0.1, -0.05) is 6.07 Å². The van der Waals surface area contributed by atoms with Crippen molar-refractivity contribution in [2.24, 2.45) is 0 Å². The molecule has 0 aromatic heterocycles. The Morgan fingerprint density at radius 2 is 1.85 bits per heavy atom. The van der Waals surface area contributed by atoms with Gasteiger partial charge in [-0.15, -0.1) is 0 Å². The van der Waals surface area contributed by atoms with Gasteiger partial charge in [-0.2, -0.15) is 5.26 Å². The highest BCUT2D eigenvalue weighted by atomic mass is 19.1. The van der Waals surface area contributed by atoms with Crippen LogP contribution in [-0.2, 0) is 0 Å². The summed E-state index contributed by atoms with van der Waals surface area (Å²) in [6, 6.07) is 10.1. The number of ether oxygens (including phenoxy) is 1. The topological polar surface area (TPSA) is 62.1 Å². The van der Waals surface area contributed by atoms with E-state index in [0.717, 1.165) is 25.0 Å². The van der Waals surface area contributed by atoms with Crippen LogP contribution in [0.15, 0.2) is 42.5 Å². The average Bonchev–Trinajstić information content (AvgIpc) is 3.13. The number of hydrogen-bond acceptors (Lipinski definition) is 3. The zero-order chi connectivity index (χ0) is 18.5. The smallest absolute Gasteiger partial charge is 0.252 e. The maximum Gasteiger partial charge on any atom is 0.252 e. The second-order valence-corrected chi connectivity index (χ2v) is 6.25. The molecule has 1 aliphatic rings. The van der Waals surface area contributed by atoms with E-state index in [1.54, 1.807) is 24.3 Å². The summed E-state index contributed by atoms with van der Waals surface area (Å²) >= 11 is 0. The molecule has 3 rings (SSSR count). The zero-order valence-corrected chi connectivity index (χ0v) is 14.0. The molecule has 6 heteroatoms. The first-order chi connectivity index (χ1) is 12.6. The number of benzene rings is 2. The molecule has 4 nitrogen and oxygen atoms in total. The largest absolute Gasteiger partial charge is 0.490 e. The molecule has 1 aliphatic carbocycles. The van der Waals surface area contributed by atoms with Gasteiger partial charge in [-0.3, -0.25) is 4.79 Å². The van der Waals surface area contributed by atoms with Crippen LogP contribution in [-0.4, -0.2) is 12.0 Å². The molecule has 2 aromatic carbocycles. The predicted octanol–water partition coefficient (Wildman–Crippen LogP) is 4.28. The van der Waals surface area contributed by atoms with Gasteiger partial charge in [-0.25, -0.2) is 8.78 Å². The minimum Gasteiger partial charge on any atom is -0.490 e. The minimum atomic E-state index is -1.21. The van der Waals surface area contributed by atoms with Crippen molar-refractivity contribution in [3.63, 3.8) is 0 Å². The minimum absolute atomic E-state index is 0.0802. The second-order valence-electron chi connectivity index (χ2n) is 6.25. The van der Waals surface area contributed by atoms with Gasteiger partial charge in [0.05, 0.1) is 12.2 Å². The molecule has 26 heavy (non-hydrogen) atoms. The normalized spacial score (nSPS) is 15.3. The second kappa shape index (κ2) is 7.96. The first kappa shape index (κ1) is 17.9. The van der Waals surface area contributed by atoms with E-state index < -0.39 is 23.6 Å². The molecule has 0 aliphatic heterocycles. The summed E-state index contributed by atoms with van der Waals surface area (Å²) in [5, 5.41) is 11.7. The molecule has 1 saturated carbocycles. The summed E-state index contributed by atoms with van der Waals surface area (Å²) in [6.07, 6.45) is 4.63. The lowest BCUT2D eigenvalue weighted by molar-refractivity contribution is 0.0944. The Morgan fingerprint density at radius 1 is 1.15 bits per heavy atom. The Balaban J connectivity index is 1.67. The molecule has 1 fully saturated rings. The van der Waals surface area contributed by atoms with E-state index in [0.29, 0.717) is 17.4 Å². The van der Waals surface area contributed by atoms with E-state index in [4.69, 9.17) is 4.74 Å². The molecule has 0 bridgehead atoms. The van der Waals surface area contributed by atoms with Crippen molar-refractivity contribution in [2.75, 3.05) is 0 Å². The third-order valence-corrected chi connectivity index (χ3v) is 4.40. The molecule has 1 amide bonds. The lowest BCUT2D eigenvalue weighted by atomic mass is 10.1. The van der Waals surface area contributed by atoms with Crippen LogP contribution in [0.3, 0.4) is 0 Å². The fraction of sp³-hybridized carbons (Fsp3) is 0.300. The number of halogens is 2. The van der Waals surface area contributed by atoms with Gasteiger partial charge in [0, 0.05) is 17.2 Å². The van der Waals surface area contributed by atoms with Crippen molar-refractivity contribution in [3.8, 4) is 11.8 Å². The van der Waals surface area contributed by atoms with E-state index in [2.05, 4.69) is 5.32 Å². The number of carbonyl (C=O) groups excluding carboxylic acids is 1. The van der Waals surface area contributed by atoms with E-state index >= 15 is 0 Å². The SMILES string of the molecule is N#CC(NC(=O)c1ccc(OC2CCCC2)cc1)c1ccc(F)cc1F. The summed E-state index contributed by atoms with van der Waals surface area (Å²) in [5.74, 6) is -1.45. The Bertz CT molecular complexity index is 825. The van der Waals surface area contributed by atoms with E-state index in [1.807, 2.05) is 6.07 Å².